The first-order valence-corrected chi connectivity index (χ1v) is 4.74. The second kappa shape index (κ2) is 4.42. The van der Waals surface area contributed by atoms with E-state index in [1.165, 1.54) is 0 Å². The van der Waals surface area contributed by atoms with Gasteiger partial charge >= 0.3 is 0 Å². The summed E-state index contributed by atoms with van der Waals surface area (Å²) in [5.74, 6) is 0. The van der Waals surface area contributed by atoms with Crippen LogP contribution in [0.1, 0.15) is 45.4 Å². The fraction of sp³-hybridized carbons (Fsp3) is 0.800. The van der Waals surface area contributed by atoms with Gasteiger partial charge in [-0.15, -0.1) is 0 Å². The van der Waals surface area contributed by atoms with Crippen LogP contribution in [0.3, 0.4) is 0 Å². The molecule has 1 fully saturated rings. The molecule has 67 valence electrons. The first kappa shape index (κ1) is 9.47. The van der Waals surface area contributed by atoms with Crippen molar-refractivity contribution in [1.29, 1.82) is 0 Å². The van der Waals surface area contributed by atoms with Crippen LogP contribution < -0.4 is 0 Å². The summed E-state index contributed by atoms with van der Waals surface area (Å²) in [5, 5.41) is 0. The molecule has 1 aliphatic carbocycles. The second-order valence-corrected chi connectivity index (χ2v) is 3.54. The summed E-state index contributed by atoms with van der Waals surface area (Å²) in [6.07, 6.45) is 10.4. The van der Waals surface area contributed by atoms with Crippen LogP contribution >= 0.6 is 0 Å². The van der Waals surface area contributed by atoms with Gasteiger partial charge in [0.2, 0.25) is 6.08 Å². The van der Waals surface area contributed by atoms with Gasteiger partial charge in [-0.2, -0.15) is 4.99 Å². The Kier molecular flexibility index (Phi) is 3.48. The van der Waals surface area contributed by atoms with Crippen molar-refractivity contribution in [3.05, 3.63) is 6.42 Å². The summed E-state index contributed by atoms with van der Waals surface area (Å²) in [6, 6.07) is 0. The lowest BCUT2D eigenvalue weighted by atomic mass is 9.79. The van der Waals surface area contributed by atoms with Crippen molar-refractivity contribution in [2.24, 2.45) is 4.99 Å². The highest BCUT2D eigenvalue weighted by Gasteiger charge is 2.30. The number of isocyanates is 1. The number of carbonyl (C=O) groups excluding carboxylic acids is 1. The lowest BCUT2D eigenvalue weighted by Gasteiger charge is -2.31. The van der Waals surface area contributed by atoms with E-state index in [1.807, 2.05) is 0 Å². The van der Waals surface area contributed by atoms with Crippen LogP contribution in [-0.4, -0.2) is 11.6 Å². The molecule has 0 N–H and O–H groups in total. The van der Waals surface area contributed by atoms with E-state index in [2.05, 4.69) is 18.3 Å². The van der Waals surface area contributed by atoms with Crippen molar-refractivity contribution in [2.75, 3.05) is 0 Å². The highest BCUT2D eigenvalue weighted by atomic mass is 16.1. The quantitative estimate of drug-likeness (QED) is 0.468. The van der Waals surface area contributed by atoms with Crippen molar-refractivity contribution in [3.63, 3.8) is 0 Å². The van der Waals surface area contributed by atoms with E-state index in [1.54, 1.807) is 6.08 Å². The maximum Gasteiger partial charge on any atom is 0.235 e. The SMILES string of the molecule is CCCC1(N=C=O)CC[CH]CC1. The summed E-state index contributed by atoms with van der Waals surface area (Å²) < 4.78 is 0. The maximum atomic E-state index is 10.3. The summed E-state index contributed by atoms with van der Waals surface area (Å²) >= 11 is 0. The van der Waals surface area contributed by atoms with E-state index >= 15 is 0 Å². The molecule has 0 aromatic rings. The Morgan fingerprint density at radius 1 is 1.50 bits per heavy atom. The molecular weight excluding hydrogens is 150 g/mol. The molecule has 1 rings (SSSR count). The van der Waals surface area contributed by atoms with Gasteiger partial charge in [0.05, 0.1) is 5.54 Å². The fourth-order valence-corrected chi connectivity index (χ4v) is 1.99. The van der Waals surface area contributed by atoms with E-state index in [9.17, 15) is 4.79 Å². The van der Waals surface area contributed by atoms with Crippen LogP contribution in [0.2, 0.25) is 0 Å². The molecule has 12 heavy (non-hydrogen) atoms. The Morgan fingerprint density at radius 3 is 2.67 bits per heavy atom. The summed E-state index contributed by atoms with van der Waals surface area (Å²) in [7, 11) is 0. The molecule has 0 saturated heterocycles. The van der Waals surface area contributed by atoms with Gasteiger partial charge in [0.1, 0.15) is 0 Å². The van der Waals surface area contributed by atoms with E-state index in [0.29, 0.717) is 0 Å². The molecule has 0 aliphatic heterocycles. The predicted octanol–water partition coefficient (Wildman–Crippen LogP) is 2.64. The van der Waals surface area contributed by atoms with Crippen LogP contribution in [0.15, 0.2) is 4.99 Å². The fourth-order valence-electron chi connectivity index (χ4n) is 1.99. The number of hydrogen-bond acceptors (Lipinski definition) is 2. The molecule has 0 unspecified atom stereocenters. The molecule has 1 radical (unpaired) electrons. The number of aliphatic imine (C=N–C) groups is 1. The lowest BCUT2D eigenvalue weighted by molar-refractivity contribution is 0.308. The van der Waals surface area contributed by atoms with Gasteiger partial charge in [0, 0.05) is 0 Å². The minimum atomic E-state index is -0.0503. The molecule has 0 bridgehead atoms. The molecule has 0 heterocycles. The Bertz CT molecular complexity index is 171. The maximum absolute atomic E-state index is 10.3. The molecule has 2 heteroatoms. The van der Waals surface area contributed by atoms with Crippen molar-refractivity contribution in [2.45, 2.75) is 51.0 Å². The summed E-state index contributed by atoms with van der Waals surface area (Å²) in [5.41, 5.74) is -0.0503. The average molecular weight is 166 g/mol. The van der Waals surface area contributed by atoms with Crippen LogP contribution in [-0.2, 0) is 4.79 Å². The van der Waals surface area contributed by atoms with Gasteiger partial charge < -0.3 is 0 Å². The topological polar surface area (TPSA) is 29.4 Å². The van der Waals surface area contributed by atoms with Crippen LogP contribution in [0.4, 0.5) is 0 Å². The molecule has 0 amide bonds. The van der Waals surface area contributed by atoms with Gasteiger partial charge in [-0.1, -0.05) is 13.3 Å². The molecule has 0 spiro atoms. The number of rotatable bonds is 3. The summed E-state index contributed by atoms with van der Waals surface area (Å²) in [6.45, 7) is 2.14. The largest absolute Gasteiger partial charge is 0.235 e. The third kappa shape index (κ3) is 2.18. The second-order valence-electron chi connectivity index (χ2n) is 3.54. The highest BCUT2D eigenvalue weighted by molar-refractivity contribution is 5.35. The van der Waals surface area contributed by atoms with Gasteiger partial charge in [-0.05, 0) is 38.5 Å². The van der Waals surface area contributed by atoms with Gasteiger partial charge in [-0.3, -0.25) is 0 Å². The Labute approximate surface area is 74.1 Å². The van der Waals surface area contributed by atoms with Gasteiger partial charge in [-0.25, -0.2) is 4.79 Å². The van der Waals surface area contributed by atoms with E-state index in [0.717, 1.165) is 38.5 Å². The Hall–Kier alpha value is -0.620. The van der Waals surface area contributed by atoms with E-state index < -0.39 is 0 Å². The van der Waals surface area contributed by atoms with E-state index in [4.69, 9.17) is 0 Å². The van der Waals surface area contributed by atoms with E-state index in [-0.39, 0.29) is 5.54 Å². The zero-order chi connectivity index (χ0) is 8.86. The molecule has 2 nitrogen and oxygen atoms in total. The van der Waals surface area contributed by atoms with Crippen LogP contribution in [0.25, 0.3) is 0 Å². The monoisotopic (exact) mass is 166 g/mol. The minimum absolute atomic E-state index is 0.0503. The molecule has 0 aromatic carbocycles. The number of nitrogens with zero attached hydrogens (tertiary/aromatic N) is 1. The van der Waals surface area contributed by atoms with Crippen molar-refractivity contribution >= 4 is 6.08 Å². The zero-order valence-corrected chi connectivity index (χ0v) is 7.68. The minimum Gasteiger partial charge on any atom is -0.211 e. The van der Waals surface area contributed by atoms with Crippen LogP contribution in [0, 0.1) is 6.42 Å². The predicted molar refractivity (Wildman–Crippen MR) is 48.5 cm³/mol. The third-order valence-electron chi connectivity index (χ3n) is 2.63. The van der Waals surface area contributed by atoms with Crippen molar-refractivity contribution < 1.29 is 4.79 Å². The molecular formula is C10H16NO. The first-order valence-electron chi connectivity index (χ1n) is 4.74. The molecule has 1 saturated carbocycles. The average Bonchev–Trinajstić information content (AvgIpc) is 2.07. The normalized spacial score (nSPS) is 21.4. The smallest absolute Gasteiger partial charge is 0.211 e. The molecule has 1 aliphatic rings. The first-order chi connectivity index (χ1) is 5.83. The highest BCUT2D eigenvalue weighted by Crippen LogP contribution is 2.34. The molecule has 0 atom stereocenters. The van der Waals surface area contributed by atoms with Crippen LogP contribution in [0.5, 0.6) is 0 Å². The number of hydrogen-bond donors (Lipinski definition) is 0. The Balaban J connectivity index is 2.62. The third-order valence-corrected chi connectivity index (χ3v) is 2.63. The zero-order valence-electron chi connectivity index (χ0n) is 7.68. The van der Waals surface area contributed by atoms with Crippen molar-refractivity contribution in [3.8, 4) is 0 Å². The Morgan fingerprint density at radius 2 is 2.17 bits per heavy atom. The van der Waals surface area contributed by atoms with Gasteiger partial charge in [0.15, 0.2) is 0 Å². The lowest BCUT2D eigenvalue weighted by Crippen LogP contribution is -2.29. The standard InChI is InChI=1S/C10H16NO/c1-2-6-10(11-9-12)7-4-3-5-8-10/h3H,2,4-8H2,1H3. The van der Waals surface area contributed by atoms with Crippen molar-refractivity contribution in [1.82, 2.24) is 0 Å². The molecule has 0 aromatic heterocycles. The summed E-state index contributed by atoms with van der Waals surface area (Å²) in [4.78, 5) is 14.2. The van der Waals surface area contributed by atoms with Gasteiger partial charge in [0.25, 0.3) is 0 Å².